The molecule has 2 fully saturated rings. The molecule has 3 N–H and O–H groups in total. The molecule has 4 atom stereocenters. The Morgan fingerprint density at radius 2 is 2.00 bits per heavy atom. The molecule has 2 nitrogen and oxygen atoms in total. The van der Waals surface area contributed by atoms with Gasteiger partial charge in [-0.15, -0.1) is 0 Å². The highest BCUT2D eigenvalue weighted by Crippen LogP contribution is 2.41. The van der Waals surface area contributed by atoms with Crippen molar-refractivity contribution in [2.24, 2.45) is 17.6 Å². The maximum Gasteiger partial charge on any atom is 0.251 e. The van der Waals surface area contributed by atoms with Crippen LogP contribution in [0.1, 0.15) is 32.6 Å². The van der Waals surface area contributed by atoms with Crippen molar-refractivity contribution in [2.45, 2.75) is 50.6 Å². The third-order valence-corrected chi connectivity index (χ3v) is 3.94. The second kappa shape index (κ2) is 3.98. The van der Waals surface area contributed by atoms with Crippen LogP contribution in [0.25, 0.3) is 0 Å². The van der Waals surface area contributed by atoms with Gasteiger partial charge in [0.15, 0.2) is 0 Å². The first-order chi connectivity index (χ1) is 7.00. The Kier molecular flexibility index (Phi) is 2.99. The lowest BCUT2D eigenvalue weighted by Crippen LogP contribution is -2.60. The average molecular weight is 218 g/mol. The van der Waals surface area contributed by atoms with Crippen LogP contribution >= 0.6 is 0 Å². The van der Waals surface area contributed by atoms with E-state index in [4.69, 9.17) is 5.73 Å². The van der Waals surface area contributed by atoms with Crippen LogP contribution < -0.4 is 11.1 Å². The van der Waals surface area contributed by atoms with E-state index in [0.717, 1.165) is 39.2 Å². The number of hydrogen-bond acceptors (Lipinski definition) is 2. The van der Waals surface area contributed by atoms with E-state index in [9.17, 15) is 8.78 Å². The summed E-state index contributed by atoms with van der Waals surface area (Å²) in [7, 11) is 0. The summed E-state index contributed by atoms with van der Waals surface area (Å²) in [5.74, 6) is -2.93. The first-order valence-electron chi connectivity index (χ1n) is 5.87. The zero-order valence-electron chi connectivity index (χ0n) is 9.18. The molecule has 1 saturated heterocycles. The number of halogens is 2. The third kappa shape index (κ3) is 2.16. The predicted molar refractivity (Wildman–Crippen MR) is 55.8 cm³/mol. The summed E-state index contributed by atoms with van der Waals surface area (Å²) in [6, 6.07) is -0.417. The van der Waals surface area contributed by atoms with Gasteiger partial charge in [0, 0.05) is 12.1 Å². The molecule has 0 radical (unpaired) electrons. The Bertz CT molecular complexity index is 227. The number of alkyl halides is 2. The summed E-state index contributed by atoms with van der Waals surface area (Å²) < 4.78 is 27.0. The number of piperidine rings is 1. The Morgan fingerprint density at radius 3 is 2.67 bits per heavy atom. The standard InChI is InChI=1S/C11H20F2N2/c1-11(12,13)9-8(14)5-4-7-3-2-6-15-10(7)9/h7-10,15H,2-6,14H2,1H3. The first-order valence-corrected chi connectivity index (χ1v) is 5.87. The summed E-state index contributed by atoms with van der Waals surface area (Å²) in [5.41, 5.74) is 5.85. The van der Waals surface area contributed by atoms with Gasteiger partial charge < -0.3 is 11.1 Å². The number of fused-ring (bicyclic) bond motifs is 1. The van der Waals surface area contributed by atoms with E-state index >= 15 is 0 Å². The molecule has 0 aromatic carbocycles. The van der Waals surface area contributed by atoms with Gasteiger partial charge >= 0.3 is 0 Å². The van der Waals surface area contributed by atoms with E-state index < -0.39 is 11.8 Å². The van der Waals surface area contributed by atoms with Gasteiger partial charge in [-0.05, 0) is 45.1 Å². The van der Waals surface area contributed by atoms with Gasteiger partial charge in [0.05, 0.1) is 5.92 Å². The molecular formula is C11H20F2N2. The monoisotopic (exact) mass is 218 g/mol. The molecule has 88 valence electrons. The molecule has 1 aliphatic carbocycles. The van der Waals surface area contributed by atoms with Gasteiger partial charge in [0.1, 0.15) is 0 Å². The normalized spacial score (nSPS) is 42.4. The zero-order valence-corrected chi connectivity index (χ0v) is 9.18. The Morgan fingerprint density at radius 1 is 1.27 bits per heavy atom. The van der Waals surface area contributed by atoms with E-state index in [1.165, 1.54) is 0 Å². The molecule has 0 amide bonds. The topological polar surface area (TPSA) is 38.0 Å². The Balaban J connectivity index is 2.16. The molecule has 0 bridgehead atoms. The summed E-state index contributed by atoms with van der Waals surface area (Å²) in [6.07, 6.45) is 3.94. The number of hydrogen-bond donors (Lipinski definition) is 2. The van der Waals surface area contributed by atoms with Gasteiger partial charge in [-0.25, -0.2) is 8.78 Å². The van der Waals surface area contributed by atoms with Crippen LogP contribution in [0.4, 0.5) is 8.78 Å². The Hall–Kier alpha value is -0.220. The van der Waals surface area contributed by atoms with E-state index in [1.807, 2.05) is 0 Å². The zero-order chi connectivity index (χ0) is 11.1. The molecule has 15 heavy (non-hydrogen) atoms. The second-order valence-corrected chi connectivity index (χ2v) is 5.11. The first kappa shape index (κ1) is 11.3. The predicted octanol–water partition coefficient (Wildman–Crippen LogP) is 1.75. The van der Waals surface area contributed by atoms with Crippen LogP contribution in [-0.2, 0) is 0 Å². The number of nitrogens with two attached hydrogens (primary N) is 1. The maximum atomic E-state index is 13.5. The fraction of sp³-hybridized carbons (Fsp3) is 1.00. The van der Waals surface area contributed by atoms with E-state index in [-0.39, 0.29) is 12.1 Å². The van der Waals surface area contributed by atoms with Gasteiger partial charge in [-0.1, -0.05) is 0 Å². The highest BCUT2D eigenvalue weighted by atomic mass is 19.3. The van der Waals surface area contributed by atoms with Crippen LogP contribution in [0.5, 0.6) is 0 Å². The van der Waals surface area contributed by atoms with Crippen molar-refractivity contribution in [3.05, 3.63) is 0 Å². The van der Waals surface area contributed by atoms with Crippen molar-refractivity contribution in [3.8, 4) is 0 Å². The van der Waals surface area contributed by atoms with Crippen LogP contribution in [0.15, 0.2) is 0 Å². The van der Waals surface area contributed by atoms with Crippen LogP contribution in [-0.4, -0.2) is 24.6 Å². The summed E-state index contributed by atoms with van der Waals surface area (Å²) in [6.45, 7) is 1.87. The van der Waals surface area contributed by atoms with Crippen molar-refractivity contribution in [3.63, 3.8) is 0 Å². The summed E-state index contributed by atoms with van der Waals surface area (Å²) in [4.78, 5) is 0. The SMILES string of the molecule is CC(F)(F)C1C(N)CCC2CCCNC21. The third-order valence-electron chi connectivity index (χ3n) is 3.94. The molecule has 4 unspecified atom stereocenters. The molecule has 2 aliphatic rings. The van der Waals surface area contributed by atoms with E-state index in [2.05, 4.69) is 5.32 Å². The van der Waals surface area contributed by atoms with Crippen molar-refractivity contribution < 1.29 is 8.78 Å². The van der Waals surface area contributed by atoms with Crippen molar-refractivity contribution in [1.82, 2.24) is 5.32 Å². The highest BCUT2D eigenvalue weighted by Gasteiger charge is 2.49. The van der Waals surface area contributed by atoms with Crippen molar-refractivity contribution in [1.29, 1.82) is 0 Å². The van der Waals surface area contributed by atoms with Crippen molar-refractivity contribution >= 4 is 0 Å². The lowest BCUT2D eigenvalue weighted by atomic mass is 9.69. The lowest BCUT2D eigenvalue weighted by molar-refractivity contribution is -0.0889. The molecule has 1 heterocycles. The van der Waals surface area contributed by atoms with Crippen LogP contribution in [0, 0.1) is 11.8 Å². The van der Waals surface area contributed by atoms with E-state index in [0.29, 0.717) is 5.92 Å². The van der Waals surface area contributed by atoms with Gasteiger partial charge in [0.25, 0.3) is 5.92 Å². The molecule has 0 aromatic heterocycles. The van der Waals surface area contributed by atoms with Crippen molar-refractivity contribution in [2.75, 3.05) is 6.54 Å². The second-order valence-electron chi connectivity index (χ2n) is 5.11. The van der Waals surface area contributed by atoms with Gasteiger partial charge in [-0.2, -0.15) is 0 Å². The molecule has 2 rings (SSSR count). The quantitative estimate of drug-likeness (QED) is 0.703. The van der Waals surface area contributed by atoms with Crippen LogP contribution in [0.3, 0.4) is 0 Å². The summed E-state index contributed by atoms with van der Waals surface area (Å²) >= 11 is 0. The minimum absolute atomic E-state index is 0.0671. The van der Waals surface area contributed by atoms with Crippen LogP contribution in [0.2, 0.25) is 0 Å². The lowest BCUT2D eigenvalue weighted by Gasteiger charge is -2.46. The smallest absolute Gasteiger partial charge is 0.251 e. The summed E-state index contributed by atoms with van der Waals surface area (Å²) in [5, 5.41) is 3.25. The molecule has 0 spiro atoms. The highest BCUT2D eigenvalue weighted by molar-refractivity contribution is 5.00. The Labute approximate surface area is 89.6 Å². The molecule has 0 aromatic rings. The fourth-order valence-corrected chi connectivity index (χ4v) is 3.27. The fourth-order valence-electron chi connectivity index (χ4n) is 3.27. The minimum atomic E-state index is -2.66. The minimum Gasteiger partial charge on any atom is -0.327 e. The molecule has 1 aliphatic heterocycles. The number of nitrogens with one attached hydrogen (secondary N) is 1. The molecule has 1 saturated carbocycles. The number of rotatable bonds is 1. The molecule has 4 heteroatoms. The largest absolute Gasteiger partial charge is 0.327 e. The van der Waals surface area contributed by atoms with Gasteiger partial charge in [-0.3, -0.25) is 0 Å². The van der Waals surface area contributed by atoms with Gasteiger partial charge in [0.2, 0.25) is 0 Å². The van der Waals surface area contributed by atoms with E-state index in [1.54, 1.807) is 0 Å². The average Bonchev–Trinajstić information content (AvgIpc) is 2.15. The molecular weight excluding hydrogens is 198 g/mol. The maximum absolute atomic E-state index is 13.5.